The number of amides is 2. The fourth-order valence-electron chi connectivity index (χ4n) is 1.82. The highest BCUT2D eigenvalue weighted by Crippen LogP contribution is 2.17. The van der Waals surface area contributed by atoms with Crippen LogP contribution in [0.25, 0.3) is 0 Å². The predicted octanol–water partition coefficient (Wildman–Crippen LogP) is 0.905. The van der Waals surface area contributed by atoms with Crippen molar-refractivity contribution in [2.75, 3.05) is 13.1 Å². The summed E-state index contributed by atoms with van der Waals surface area (Å²) in [5, 5.41) is 9.64. The molecule has 5 heteroatoms. The van der Waals surface area contributed by atoms with Gasteiger partial charge in [0.1, 0.15) is 5.75 Å². The molecule has 1 aromatic carbocycles. The van der Waals surface area contributed by atoms with Crippen molar-refractivity contribution in [3.05, 3.63) is 29.8 Å². The number of phenolic OH excluding ortho intramolecular Hbond substituents is 1. The van der Waals surface area contributed by atoms with Crippen LogP contribution in [0.15, 0.2) is 24.3 Å². The van der Waals surface area contributed by atoms with Gasteiger partial charge in [0.25, 0.3) is 0 Å². The minimum absolute atomic E-state index is 0.0622. The molecule has 0 spiro atoms. The molecule has 1 aromatic rings. The van der Waals surface area contributed by atoms with Gasteiger partial charge in [-0.2, -0.15) is 0 Å². The quantitative estimate of drug-likeness (QED) is 0.801. The molecule has 0 saturated heterocycles. The Morgan fingerprint density at radius 3 is 2.47 bits per heavy atom. The van der Waals surface area contributed by atoms with Crippen molar-refractivity contribution >= 4 is 11.8 Å². The Morgan fingerprint density at radius 2 is 1.95 bits per heavy atom. The summed E-state index contributed by atoms with van der Waals surface area (Å²) in [4.78, 5) is 24.6. The second-order valence-corrected chi connectivity index (χ2v) is 4.94. The van der Waals surface area contributed by atoms with Gasteiger partial charge in [-0.1, -0.05) is 32.0 Å². The highest BCUT2D eigenvalue weighted by molar-refractivity contribution is 5.85. The Bertz CT molecular complexity index is 458. The second-order valence-electron chi connectivity index (χ2n) is 4.94. The average Bonchev–Trinajstić information content (AvgIpc) is 2.30. The summed E-state index contributed by atoms with van der Waals surface area (Å²) in [5.41, 5.74) is 5.69. The number of hydrogen-bond donors (Lipinski definition) is 2. The van der Waals surface area contributed by atoms with Crippen molar-refractivity contribution in [3.63, 3.8) is 0 Å². The van der Waals surface area contributed by atoms with E-state index in [1.54, 1.807) is 18.2 Å². The first-order valence-electron chi connectivity index (χ1n) is 6.23. The minimum Gasteiger partial charge on any atom is -0.508 e. The molecule has 0 saturated carbocycles. The molecule has 104 valence electrons. The molecule has 0 aliphatic heterocycles. The molecule has 0 fully saturated rings. The first kappa shape index (κ1) is 15.0. The molecule has 0 aromatic heterocycles. The lowest BCUT2D eigenvalue weighted by molar-refractivity contribution is -0.135. The van der Waals surface area contributed by atoms with E-state index in [1.165, 1.54) is 11.0 Å². The molecule has 19 heavy (non-hydrogen) atoms. The minimum atomic E-state index is -0.536. The summed E-state index contributed by atoms with van der Waals surface area (Å²) < 4.78 is 0. The van der Waals surface area contributed by atoms with Crippen LogP contribution in [0.2, 0.25) is 0 Å². The molecule has 0 radical (unpaired) electrons. The molecule has 0 heterocycles. The summed E-state index contributed by atoms with van der Waals surface area (Å²) in [7, 11) is 0. The smallest absolute Gasteiger partial charge is 0.237 e. The maximum atomic E-state index is 12.1. The van der Waals surface area contributed by atoms with Crippen LogP contribution in [-0.2, 0) is 16.0 Å². The van der Waals surface area contributed by atoms with Crippen molar-refractivity contribution < 1.29 is 14.7 Å². The van der Waals surface area contributed by atoms with E-state index in [1.807, 2.05) is 13.8 Å². The van der Waals surface area contributed by atoms with Crippen molar-refractivity contribution in [3.8, 4) is 5.75 Å². The van der Waals surface area contributed by atoms with Gasteiger partial charge < -0.3 is 15.7 Å². The molecular formula is C14H20N2O3. The third-order valence-corrected chi connectivity index (χ3v) is 2.62. The highest BCUT2D eigenvalue weighted by Gasteiger charge is 2.18. The number of rotatable bonds is 6. The molecule has 0 aliphatic carbocycles. The van der Waals surface area contributed by atoms with Crippen LogP contribution in [0, 0.1) is 5.92 Å². The van der Waals surface area contributed by atoms with Crippen LogP contribution in [0.1, 0.15) is 19.4 Å². The third-order valence-electron chi connectivity index (χ3n) is 2.62. The van der Waals surface area contributed by atoms with E-state index >= 15 is 0 Å². The topological polar surface area (TPSA) is 83.6 Å². The van der Waals surface area contributed by atoms with E-state index in [9.17, 15) is 14.7 Å². The first-order chi connectivity index (χ1) is 8.90. The number of para-hydroxylation sites is 1. The number of nitrogens with zero attached hydrogens (tertiary/aromatic N) is 1. The van der Waals surface area contributed by atoms with Crippen LogP contribution >= 0.6 is 0 Å². The van der Waals surface area contributed by atoms with E-state index in [-0.39, 0.29) is 30.5 Å². The summed E-state index contributed by atoms with van der Waals surface area (Å²) in [6, 6.07) is 6.66. The van der Waals surface area contributed by atoms with Crippen LogP contribution < -0.4 is 5.73 Å². The lowest BCUT2D eigenvalue weighted by Gasteiger charge is -2.23. The number of phenols is 1. The van der Waals surface area contributed by atoms with E-state index in [0.717, 1.165) is 0 Å². The predicted molar refractivity (Wildman–Crippen MR) is 72.4 cm³/mol. The number of benzene rings is 1. The molecule has 3 N–H and O–H groups in total. The lowest BCUT2D eigenvalue weighted by Crippen LogP contribution is -2.41. The van der Waals surface area contributed by atoms with E-state index < -0.39 is 5.91 Å². The van der Waals surface area contributed by atoms with Gasteiger partial charge in [-0.15, -0.1) is 0 Å². The maximum absolute atomic E-state index is 12.1. The Morgan fingerprint density at radius 1 is 1.32 bits per heavy atom. The van der Waals surface area contributed by atoms with Gasteiger partial charge in [-0.25, -0.2) is 0 Å². The SMILES string of the molecule is CC(C)CN(CC(N)=O)C(=O)Cc1ccccc1O. The first-order valence-corrected chi connectivity index (χ1v) is 6.23. The van der Waals surface area contributed by atoms with Gasteiger partial charge in [0, 0.05) is 12.1 Å². The monoisotopic (exact) mass is 264 g/mol. The molecule has 0 aliphatic rings. The molecule has 2 amide bonds. The zero-order valence-corrected chi connectivity index (χ0v) is 11.3. The largest absolute Gasteiger partial charge is 0.508 e. The lowest BCUT2D eigenvalue weighted by atomic mass is 10.1. The Hall–Kier alpha value is -2.04. The number of hydrogen-bond acceptors (Lipinski definition) is 3. The maximum Gasteiger partial charge on any atom is 0.237 e. The fraction of sp³-hybridized carbons (Fsp3) is 0.429. The standard InChI is InChI=1S/C14H20N2O3/c1-10(2)8-16(9-13(15)18)14(19)7-11-5-3-4-6-12(11)17/h3-6,10,17H,7-9H2,1-2H3,(H2,15,18). The number of nitrogens with two attached hydrogens (primary N) is 1. The molecule has 0 bridgehead atoms. The normalized spacial score (nSPS) is 10.5. The van der Waals surface area contributed by atoms with Crippen molar-refractivity contribution in [1.29, 1.82) is 0 Å². The van der Waals surface area contributed by atoms with Crippen molar-refractivity contribution in [2.24, 2.45) is 11.7 Å². The molecule has 0 atom stereocenters. The summed E-state index contributed by atoms with van der Waals surface area (Å²) in [6.45, 7) is 4.29. The zero-order valence-electron chi connectivity index (χ0n) is 11.3. The third kappa shape index (κ3) is 4.99. The second kappa shape index (κ2) is 6.78. The highest BCUT2D eigenvalue weighted by atomic mass is 16.3. The van der Waals surface area contributed by atoms with Crippen molar-refractivity contribution in [1.82, 2.24) is 4.90 Å². The van der Waals surface area contributed by atoms with Gasteiger partial charge in [-0.05, 0) is 12.0 Å². The van der Waals surface area contributed by atoms with Gasteiger partial charge in [0.2, 0.25) is 11.8 Å². The van der Waals surface area contributed by atoms with Crippen LogP contribution in [0.3, 0.4) is 0 Å². The Balaban J connectivity index is 2.76. The number of carbonyl (C=O) groups is 2. The van der Waals surface area contributed by atoms with Gasteiger partial charge in [0.15, 0.2) is 0 Å². The van der Waals surface area contributed by atoms with E-state index in [0.29, 0.717) is 12.1 Å². The van der Waals surface area contributed by atoms with Gasteiger partial charge >= 0.3 is 0 Å². The molecular weight excluding hydrogens is 244 g/mol. The average molecular weight is 264 g/mol. The fourth-order valence-corrected chi connectivity index (χ4v) is 1.82. The number of primary amides is 1. The number of carbonyl (C=O) groups excluding carboxylic acids is 2. The summed E-state index contributed by atoms with van der Waals surface area (Å²) in [5.74, 6) is -0.424. The van der Waals surface area contributed by atoms with Crippen LogP contribution in [0.4, 0.5) is 0 Å². The number of aromatic hydroxyl groups is 1. The Kier molecular flexibility index (Phi) is 5.36. The van der Waals surface area contributed by atoms with Crippen molar-refractivity contribution in [2.45, 2.75) is 20.3 Å². The van der Waals surface area contributed by atoms with E-state index in [4.69, 9.17) is 5.73 Å². The molecule has 5 nitrogen and oxygen atoms in total. The molecule has 0 unspecified atom stereocenters. The van der Waals surface area contributed by atoms with Gasteiger partial charge in [0.05, 0.1) is 13.0 Å². The van der Waals surface area contributed by atoms with Crippen LogP contribution in [-0.4, -0.2) is 34.9 Å². The van der Waals surface area contributed by atoms with E-state index in [2.05, 4.69) is 0 Å². The Labute approximate surface area is 113 Å². The summed E-state index contributed by atoms with van der Waals surface area (Å²) >= 11 is 0. The summed E-state index contributed by atoms with van der Waals surface area (Å²) in [6.07, 6.45) is 0.0622. The van der Waals surface area contributed by atoms with Crippen LogP contribution in [0.5, 0.6) is 5.75 Å². The van der Waals surface area contributed by atoms with Gasteiger partial charge in [-0.3, -0.25) is 9.59 Å². The molecule has 1 rings (SSSR count). The zero-order chi connectivity index (χ0) is 14.4.